The van der Waals surface area contributed by atoms with E-state index in [1.807, 2.05) is 6.07 Å². The summed E-state index contributed by atoms with van der Waals surface area (Å²) in [6, 6.07) is 8.64. The van der Waals surface area contributed by atoms with Crippen LogP contribution in [0.15, 0.2) is 35.2 Å². The molecule has 5 heteroatoms. The van der Waals surface area contributed by atoms with Gasteiger partial charge in [0, 0.05) is 0 Å². The average molecular weight is 301 g/mol. The number of nitrogens with one attached hydrogen (secondary N) is 1. The Hall–Kier alpha value is -0.440. The van der Waals surface area contributed by atoms with E-state index in [1.165, 1.54) is 0 Å². The van der Waals surface area contributed by atoms with Gasteiger partial charge >= 0.3 is 0 Å². The summed E-state index contributed by atoms with van der Waals surface area (Å²) in [7, 11) is -3.96. The number of sulfonamides is 1. The second kappa shape index (κ2) is 8.68. The molecule has 0 aromatic heterocycles. The zero-order valence-corrected chi connectivity index (χ0v) is 13.5. The van der Waals surface area contributed by atoms with Crippen LogP contribution in [0.2, 0.25) is 0 Å². The lowest BCUT2D eigenvalue weighted by Gasteiger charge is -2.18. The molecule has 108 valence electrons. The number of hydrogen-bond acceptors (Lipinski definition) is 2. The third-order valence-corrected chi connectivity index (χ3v) is 7.47. The quantitative estimate of drug-likeness (QED) is 0.702. The molecule has 0 saturated heterocycles. The van der Waals surface area contributed by atoms with Gasteiger partial charge in [-0.25, -0.2) is 8.42 Å². The third-order valence-electron chi connectivity index (χ3n) is 2.87. The minimum absolute atomic E-state index is 0.371. The first-order valence-electron chi connectivity index (χ1n) is 6.92. The predicted octanol–water partition coefficient (Wildman–Crippen LogP) is 3.96. The van der Waals surface area contributed by atoms with Crippen molar-refractivity contribution in [3.05, 3.63) is 30.3 Å². The van der Waals surface area contributed by atoms with Crippen molar-refractivity contribution in [1.29, 1.82) is 0 Å². The molecule has 19 heavy (non-hydrogen) atoms. The number of unbranched alkanes of at least 4 members (excludes halogenated alkanes) is 2. The SMILES string of the molecule is CCCCP(CCCC)NS(=O)(=O)c1ccccc1. The first-order valence-corrected chi connectivity index (χ1v) is 10.1. The Morgan fingerprint density at radius 2 is 1.53 bits per heavy atom. The van der Waals surface area contributed by atoms with E-state index >= 15 is 0 Å². The normalized spacial score (nSPS) is 11.9. The predicted molar refractivity (Wildman–Crippen MR) is 83.2 cm³/mol. The fourth-order valence-corrected chi connectivity index (χ4v) is 6.37. The molecule has 0 aliphatic rings. The van der Waals surface area contributed by atoms with Crippen LogP contribution in [-0.4, -0.2) is 20.7 Å². The molecule has 1 aromatic rings. The Labute approximate surface area is 118 Å². The fourth-order valence-electron chi connectivity index (χ4n) is 1.72. The van der Waals surface area contributed by atoms with Gasteiger partial charge in [0.1, 0.15) is 0 Å². The molecular formula is C14H24NO2PS. The minimum atomic E-state index is -3.34. The first-order chi connectivity index (χ1) is 9.10. The van der Waals surface area contributed by atoms with Gasteiger partial charge in [0.25, 0.3) is 0 Å². The van der Waals surface area contributed by atoms with Crippen molar-refractivity contribution >= 4 is 18.1 Å². The molecule has 0 heterocycles. The smallest absolute Gasteiger partial charge is 0.207 e. The summed E-state index contributed by atoms with van der Waals surface area (Å²) in [5.41, 5.74) is 0. The molecule has 0 unspecified atom stereocenters. The van der Waals surface area contributed by atoms with E-state index in [2.05, 4.69) is 18.3 Å². The lowest BCUT2D eigenvalue weighted by atomic mass is 10.4. The third kappa shape index (κ3) is 6.03. The Morgan fingerprint density at radius 3 is 2.00 bits per heavy atom. The summed E-state index contributed by atoms with van der Waals surface area (Å²) in [4.78, 5) is 0.371. The standard InChI is InChI=1S/C14H24NO2PS/c1-3-5-12-18(13-6-4-2)15-19(16,17)14-10-8-7-9-11-14/h7-11,15H,3-6,12-13H2,1-2H3. The van der Waals surface area contributed by atoms with Gasteiger partial charge in [0.05, 0.1) is 4.90 Å². The van der Waals surface area contributed by atoms with Crippen LogP contribution in [0.4, 0.5) is 0 Å². The Balaban J connectivity index is 2.71. The highest BCUT2D eigenvalue weighted by Crippen LogP contribution is 2.35. The number of hydrogen-bond donors (Lipinski definition) is 1. The number of benzene rings is 1. The van der Waals surface area contributed by atoms with Crippen LogP contribution in [0.3, 0.4) is 0 Å². The van der Waals surface area contributed by atoms with E-state index in [0.29, 0.717) is 4.90 Å². The monoisotopic (exact) mass is 301 g/mol. The first kappa shape index (κ1) is 16.6. The van der Waals surface area contributed by atoms with Crippen LogP contribution in [0.1, 0.15) is 39.5 Å². The van der Waals surface area contributed by atoms with Crippen molar-refractivity contribution in [3.63, 3.8) is 0 Å². The molecule has 1 N–H and O–H groups in total. The summed E-state index contributed by atoms with van der Waals surface area (Å²) in [6.45, 7) is 4.28. The summed E-state index contributed by atoms with van der Waals surface area (Å²) >= 11 is 0. The highest BCUT2D eigenvalue weighted by atomic mass is 32.2. The maximum absolute atomic E-state index is 12.3. The molecule has 0 spiro atoms. The Kier molecular flexibility index (Phi) is 7.59. The molecule has 3 nitrogen and oxygen atoms in total. The van der Waals surface area contributed by atoms with Gasteiger partial charge in [-0.1, -0.05) is 44.9 Å². The topological polar surface area (TPSA) is 46.2 Å². The molecule has 1 aromatic carbocycles. The molecule has 0 amide bonds. The molecule has 1 rings (SSSR count). The van der Waals surface area contributed by atoms with Crippen LogP contribution >= 0.6 is 8.07 Å². The maximum Gasteiger partial charge on any atom is 0.243 e. The van der Waals surface area contributed by atoms with Crippen molar-refractivity contribution in [1.82, 2.24) is 4.49 Å². The molecule has 0 radical (unpaired) electrons. The molecule has 0 atom stereocenters. The summed E-state index contributed by atoms with van der Waals surface area (Å²) in [6.07, 6.45) is 6.37. The fraction of sp³-hybridized carbons (Fsp3) is 0.571. The second-order valence-corrected chi connectivity index (χ2v) is 8.78. The van der Waals surface area contributed by atoms with Crippen LogP contribution in [0, 0.1) is 0 Å². The van der Waals surface area contributed by atoms with E-state index in [4.69, 9.17) is 0 Å². The minimum Gasteiger partial charge on any atom is -0.207 e. The summed E-state index contributed by atoms with van der Waals surface area (Å²) < 4.78 is 27.5. The molecule has 0 saturated carbocycles. The van der Waals surface area contributed by atoms with Gasteiger partial charge in [-0.3, -0.25) is 0 Å². The van der Waals surface area contributed by atoms with Gasteiger partial charge in [0.15, 0.2) is 0 Å². The molecule has 0 aliphatic heterocycles. The van der Waals surface area contributed by atoms with Crippen molar-refractivity contribution in [3.8, 4) is 0 Å². The van der Waals surface area contributed by atoms with Crippen molar-refractivity contribution in [2.75, 3.05) is 12.3 Å². The van der Waals surface area contributed by atoms with Crippen LogP contribution in [-0.2, 0) is 10.0 Å². The average Bonchev–Trinajstić information content (AvgIpc) is 2.42. The van der Waals surface area contributed by atoms with Crippen LogP contribution < -0.4 is 4.49 Å². The lowest BCUT2D eigenvalue weighted by molar-refractivity contribution is 0.594. The number of rotatable bonds is 9. The van der Waals surface area contributed by atoms with Crippen molar-refractivity contribution < 1.29 is 8.42 Å². The van der Waals surface area contributed by atoms with Gasteiger partial charge in [-0.05, 0) is 45.4 Å². The van der Waals surface area contributed by atoms with Gasteiger partial charge in [0.2, 0.25) is 10.0 Å². The zero-order valence-electron chi connectivity index (χ0n) is 11.8. The van der Waals surface area contributed by atoms with E-state index in [0.717, 1.165) is 38.0 Å². The molecular weight excluding hydrogens is 277 g/mol. The molecule has 0 bridgehead atoms. The van der Waals surface area contributed by atoms with Crippen LogP contribution in [0.25, 0.3) is 0 Å². The van der Waals surface area contributed by atoms with Gasteiger partial charge in [-0.15, -0.1) is 0 Å². The van der Waals surface area contributed by atoms with E-state index < -0.39 is 18.1 Å². The van der Waals surface area contributed by atoms with E-state index in [-0.39, 0.29) is 0 Å². The van der Waals surface area contributed by atoms with Gasteiger partial charge < -0.3 is 0 Å². The zero-order chi connectivity index (χ0) is 14.1. The van der Waals surface area contributed by atoms with E-state index in [1.54, 1.807) is 24.3 Å². The van der Waals surface area contributed by atoms with Crippen molar-refractivity contribution in [2.24, 2.45) is 0 Å². The largest absolute Gasteiger partial charge is 0.243 e. The Morgan fingerprint density at radius 1 is 1.00 bits per heavy atom. The Bertz CT molecular complexity index is 440. The van der Waals surface area contributed by atoms with E-state index in [9.17, 15) is 8.42 Å². The van der Waals surface area contributed by atoms with Gasteiger partial charge in [-0.2, -0.15) is 4.49 Å². The second-order valence-electron chi connectivity index (χ2n) is 4.60. The highest BCUT2D eigenvalue weighted by molar-refractivity contribution is 7.95. The summed E-state index contributed by atoms with van der Waals surface area (Å²) in [5, 5.41) is 0. The molecule has 0 aliphatic carbocycles. The maximum atomic E-state index is 12.3. The molecule has 0 fully saturated rings. The van der Waals surface area contributed by atoms with Crippen LogP contribution in [0.5, 0.6) is 0 Å². The van der Waals surface area contributed by atoms with Crippen molar-refractivity contribution in [2.45, 2.75) is 44.4 Å². The summed E-state index contributed by atoms with van der Waals surface area (Å²) in [5.74, 6) is 0. The highest BCUT2D eigenvalue weighted by Gasteiger charge is 2.18. The lowest BCUT2D eigenvalue weighted by Crippen LogP contribution is -2.21.